The monoisotopic (exact) mass is 205 g/mol. The molecule has 2 nitrogen and oxygen atoms in total. The summed E-state index contributed by atoms with van der Waals surface area (Å²) in [6, 6.07) is 6.98. The quantitative estimate of drug-likeness (QED) is 0.801. The number of methoxy groups -OCH3 is 1. The molecule has 2 unspecified atom stereocenters. The summed E-state index contributed by atoms with van der Waals surface area (Å²) in [5.74, 6) is 0. The highest BCUT2D eigenvalue weighted by atomic mass is 16.5. The minimum atomic E-state index is 0.253. The Kier molecular flexibility index (Phi) is 2.96. The Balaban J connectivity index is 2.45. The van der Waals surface area contributed by atoms with Crippen molar-refractivity contribution in [2.24, 2.45) is 0 Å². The normalized spacial score (nSPS) is 24.5. The molecule has 0 aliphatic carbocycles. The molecule has 1 heterocycles. The number of rotatable bonds is 2. The molecule has 15 heavy (non-hydrogen) atoms. The molecule has 2 rings (SSSR count). The minimum Gasteiger partial charge on any atom is -0.382 e. The van der Waals surface area contributed by atoms with Crippen LogP contribution < -0.4 is 5.32 Å². The van der Waals surface area contributed by atoms with Crippen LogP contribution in [-0.2, 0) is 11.2 Å². The van der Waals surface area contributed by atoms with Crippen molar-refractivity contribution < 1.29 is 4.74 Å². The lowest BCUT2D eigenvalue weighted by molar-refractivity contribution is 0.0893. The highest BCUT2D eigenvalue weighted by Gasteiger charge is 2.24. The summed E-state index contributed by atoms with van der Waals surface area (Å²) in [5.41, 5.74) is 4.00. The molecule has 82 valence electrons. The molecule has 0 amide bonds. The van der Waals surface area contributed by atoms with Crippen molar-refractivity contribution in [3.63, 3.8) is 0 Å². The van der Waals surface area contributed by atoms with E-state index in [4.69, 9.17) is 4.74 Å². The Hall–Kier alpha value is -1.02. The molecule has 2 atom stereocenters. The van der Waals surface area contributed by atoms with Gasteiger partial charge in [0.05, 0.1) is 6.10 Å². The van der Waals surface area contributed by atoms with E-state index >= 15 is 0 Å². The van der Waals surface area contributed by atoms with Gasteiger partial charge in [0.25, 0.3) is 0 Å². The standard InChI is InChI=1S/C13H19NO/c1-4-10-6-5-7-11-12(15-3)8-9(2)14-13(10)11/h5-7,9,12,14H,4,8H2,1-3H3. The molecule has 0 saturated carbocycles. The molecule has 1 aromatic carbocycles. The Bertz CT molecular complexity index is 348. The summed E-state index contributed by atoms with van der Waals surface area (Å²) >= 11 is 0. The van der Waals surface area contributed by atoms with Gasteiger partial charge in [-0.2, -0.15) is 0 Å². The molecular weight excluding hydrogens is 186 g/mol. The molecular formula is C13H19NO. The van der Waals surface area contributed by atoms with Gasteiger partial charge in [-0.25, -0.2) is 0 Å². The van der Waals surface area contributed by atoms with Crippen LogP contribution in [0.2, 0.25) is 0 Å². The highest BCUT2D eigenvalue weighted by Crippen LogP contribution is 2.36. The molecule has 0 aromatic heterocycles. The number of benzene rings is 1. The third-order valence-corrected chi connectivity index (χ3v) is 3.15. The summed E-state index contributed by atoms with van der Waals surface area (Å²) in [7, 11) is 1.80. The number of para-hydroxylation sites is 1. The molecule has 0 saturated heterocycles. The Labute approximate surface area is 91.6 Å². The third kappa shape index (κ3) is 1.86. The Morgan fingerprint density at radius 2 is 2.27 bits per heavy atom. The minimum absolute atomic E-state index is 0.253. The van der Waals surface area contributed by atoms with Gasteiger partial charge in [-0.3, -0.25) is 0 Å². The summed E-state index contributed by atoms with van der Waals surface area (Å²) in [5, 5.41) is 3.56. The SMILES string of the molecule is CCc1cccc2c1NC(C)CC2OC. The second kappa shape index (κ2) is 4.23. The second-order valence-electron chi connectivity index (χ2n) is 4.24. The average Bonchev–Trinajstić information content (AvgIpc) is 2.27. The first-order valence-corrected chi connectivity index (χ1v) is 5.67. The average molecular weight is 205 g/mol. The van der Waals surface area contributed by atoms with Crippen LogP contribution in [0, 0.1) is 0 Å². The Morgan fingerprint density at radius 1 is 1.47 bits per heavy atom. The summed E-state index contributed by atoms with van der Waals surface area (Å²) < 4.78 is 5.55. The van der Waals surface area contributed by atoms with E-state index in [1.165, 1.54) is 16.8 Å². The number of hydrogen-bond donors (Lipinski definition) is 1. The van der Waals surface area contributed by atoms with E-state index in [9.17, 15) is 0 Å². The summed E-state index contributed by atoms with van der Waals surface area (Å²) in [6.45, 7) is 4.40. The van der Waals surface area contributed by atoms with Crippen LogP contribution in [0.15, 0.2) is 18.2 Å². The van der Waals surface area contributed by atoms with E-state index in [0.29, 0.717) is 6.04 Å². The van der Waals surface area contributed by atoms with Gasteiger partial charge in [-0.15, -0.1) is 0 Å². The molecule has 0 fully saturated rings. The first kappa shape index (κ1) is 10.5. The lowest BCUT2D eigenvalue weighted by atomic mass is 9.92. The zero-order valence-electron chi connectivity index (χ0n) is 9.71. The van der Waals surface area contributed by atoms with E-state index in [1.54, 1.807) is 7.11 Å². The van der Waals surface area contributed by atoms with Crippen molar-refractivity contribution >= 4 is 5.69 Å². The van der Waals surface area contributed by atoms with Gasteiger partial charge in [0.1, 0.15) is 0 Å². The largest absolute Gasteiger partial charge is 0.382 e. The predicted molar refractivity (Wildman–Crippen MR) is 63.3 cm³/mol. The van der Waals surface area contributed by atoms with Gasteiger partial charge >= 0.3 is 0 Å². The van der Waals surface area contributed by atoms with Gasteiger partial charge in [0, 0.05) is 24.4 Å². The molecule has 0 bridgehead atoms. The van der Waals surface area contributed by atoms with Crippen molar-refractivity contribution in [1.29, 1.82) is 0 Å². The maximum absolute atomic E-state index is 5.55. The smallest absolute Gasteiger partial charge is 0.0860 e. The van der Waals surface area contributed by atoms with E-state index in [2.05, 4.69) is 37.4 Å². The molecule has 1 N–H and O–H groups in total. The van der Waals surface area contributed by atoms with Crippen molar-refractivity contribution in [2.45, 2.75) is 38.8 Å². The lowest BCUT2D eigenvalue weighted by Crippen LogP contribution is -2.27. The molecule has 0 radical (unpaired) electrons. The molecule has 1 aliphatic heterocycles. The predicted octanol–water partition coefficient (Wildman–Crippen LogP) is 3.14. The third-order valence-electron chi connectivity index (χ3n) is 3.15. The van der Waals surface area contributed by atoms with Crippen LogP contribution in [0.25, 0.3) is 0 Å². The van der Waals surface area contributed by atoms with Crippen LogP contribution in [-0.4, -0.2) is 13.2 Å². The Morgan fingerprint density at radius 3 is 2.93 bits per heavy atom. The fourth-order valence-corrected chi connectivity index (χ4v) is 2.34. The number of hydrogen-bond acceptors (Lipinski definition) is 2. The van der Waals surface area contributed by atoms with Crippen LogP contribution in [0.1, 0.15) is 37.5 Å². The van der Waals surface area contributed by atoms with Crippen molar-refractivity contribution in [3.8, 4) is 0 Å². The molecule has 1 aromatic rings. The number of ether oxygens (including phenoxy) is 1. The van der Waals surface area contributed by atoms with Crippen molar-refractivity contribution in [3.05, 3.63) is 29.3 Å². The van der Waals surface area contributed by atoms with Gasteiger partial charge < -0.3 is 10.1 Å². The van der Waals surface area contributed by atoms with Gasteiger partial charge in [0.15, 0.2) is 0 Å². The van der Waals surface area contributed by atoms with E-state index in [0.717, 1.165) is 12.8 Å². The maximum Gasteiger partial charge on any atom is 0.0860 e. The first-order chi connectivity index (χ1) is 7.26. The fraction of sp³-hybridized carbons (Fsp3) is 0.538. The summed E-state index contributed by atoms with van der Waals surface area (Å²) in [6.07, 6.45) is 2.37. The molecule has 1 aliphatic rings. The van der Waals surface area contributed by atoms with Crippen LogP contribution in [0.4, 0.5) is 5.69 Å². The lowest BCUT2D eigenvalue weighted by Gasteiger charge is -2.32. The topological polar surface area (TPSA) is 21.3 Å². The van der Waals surface area contributed by atoms with E-state index in [-0.39, 0.29) is 6.10 Å². The van der Waals surface area contributed by atoms with Crippen molar-refractivity contribution in [2.75, 3.05) is 12.4 Å². The van der Waals surface area contributed by atoms with Crippen LogP contribution in [0.3, 0.4) is 0 Å². The van der Waals surface area contributed by atoms with Gasteiger partial charge in [-0.05, 0) is 25.3 Å². The van der Waals surface area contributed by atoms with Gasteiger partial charge in [0.2, 0.25) is 0 Å². The maximum atomic E-state index is 5.55. The second-order valence-corrected chi connectivity index (χ2v) is 4.24. The van der Waals surface area contributed by atoms with Gasteiger partial charge in [-0.1, -0.05) is 25.1 Å². The zero-order valence-corrected chi connectivity index (χ0v) is 9.71. The van der Waals surface area contributed by atoms with E-state index in [1.807, 2.05) is 0 Å². The van der Waals surface area contributed by atoms with Crippen LogP contribution in [0.5, 0.6) is 0 Å². The highest BCUT2D eigenvalue weighted by molar-refractivity contribution is 5.60. The molecule has 0 spiro atoms. The number of aryl methyl sites for hydroxylation is 1. The van der Waals surface area contributed by atoms with Crippen molar-refractivity contribution in [1.82, 2.24) is 0 Å². The first-order valence-electron chi connectivity index (χ1n) is 5.67. The van der Waals surface area contributed by atoms with Crippen LogP contribution >= 0.6 is 0 Å². The van der Waals surface area contributed by atoms with E-state index < -0.39 is 0 Å². The fourth-order valence-electron chi connectivity index (χ4n) is 2.34. The number of fused-ring (bicyclic) bond motifs is 1. The zero-order chi connectivity index (χ0) is 10.8. The number of nitrogens with one attached hydrogen (secondary N) is 1. The summed E-state index contributed by atoms with van der Waals surface area (Å²) in [4.78, 5) is 0. The number of anilines is 1. The molecule has 2 heteroatoms.